The summed E-state index contributed by atoms with van der Waals surface area (Å²) < 4.78 is 47.2. The molecule has 1 atom stereocenters. The van der Waals surface area contributed by atoms with Gasteiger partial charge in [-0.05, 0) is 23.8 Å². The summed E-state index contributed by atoms with van der Waals surface area (Å²) in [5, 5.41) is 0.410. The van der Waals surface area contributed by atoms with E-state index in [0.29, 0.717) is 42.6 Å². The Kier molecular flexibility index (Phi) is 7.19. The van der Waals surface area contributed by atoms with E-state index < -0.39 is 23.1 Å². The summed E-state index contributed by atoms with van der Waals surface area (Å²) >= 11 is 6.40. The van der Waals surface area contributed by atoms with Gasteiger partial charge in [0.05, 0.1) is 36.1 Å². The van der Waals surface area contributed by atoms with Crippen molar-refractivity contribution in [3.05, 3.63) is 64.4 Å². The second-order valence-electron chi connectivity index (χ2n) is 9.05. The number of hydrogen-bond donors (Lipinski definition) is 1. The number of morpholine rings is 1. The molecule has 2 aromatic heterocycles. The van der Waals surface area contributed by atoms with Gasteiger partial charge in [-0.1, -0.05) is 43.6 Å². The Balaban J connectivity index is 1.92. The summed E-state index contributed by atoms with van der Waals surface area (Å²) in [5.41, 5.74) is 4.43. The van der Waals surface area contributed by atoms with Crippen LogP contribution in [0.3, 0.4) is 0 Å². The van der Waals surface area contributed by atoms with Crippen LogP contribution >= 0.6 is 11.6 Å². The van der Waals surface area contributed by atoms with Crippen molar-refractivity contribution in [2.24, 2.45) is 0 Å². The van der Waals surface area contributed by atoms with Crippen LogP contribution in [-0.2, 0) is 21.1 Å². The van der Waals surface area contributed by atoms with Gasteiger partial charge < -0.3 is 20.2 Å². The van der Waals surface area contributed by atoms with Crippen LogP contribution in [0.15, 0.2) is 42.6 Å². The highest BCUT2D eigenvalue weighted by molar-refractivity contribution is 6.31. The maximum atomic E-state index is 13.9. The van der Waals surface area contributed by atoms with E-state index in [1.807, 2.05) is 4.90 Å². The Morgan fingerprint density at radius 2 is 1.83 bits per heavy atom. The van der Waals surface area contributed by atoms with Crippen LogP contribution in [0.1, 0.15) is 36.6 Å². The molecule has 0 radical (unpaired) electrons. The van der Waals surface area contributed by atoms with Gasteiger partial charge in [-0.3, -0.25) is 0 Å². The lowest BCUT2D eigenvalue weighted by Crippen LogP contribution is -2.38. The Labute approximate surface area is 211 Å². The fraction of sp³-hybridized carbons (Fsp3) is 0.360. The van der Waals surface area contributed by atoms with Crippen LogP contribution in [0.2, 0.25) is 5.02 Å². The number of anilines is 2. The zero-order valence-electron chi connectivity index (χ0n) is 19.7. The van der Waals surface area contributed by atoms with Crippen molar-refractivity contribution in [1.82, 2.24) is 15.0 Å². The number of benzene rings is 1. The molecule has 1 fully saturated rings. The minimum absolute atomic E-state index is 0.0261. The fourth-order valence-electron chi connectivity index (χ4n) is 4.24. The highest BCUT2D eigenvalue weighted by atomic mass is 35.5. The van der Waals surface area contributed by atoms with E-state index >= 15 is 0 Å². The van der Waals surface area contributed by atoms with Gasteiger partial charge in [-0.15, -0.1) is 0 Å². The van der Waals surface area contributed by atoms with Gasteiger partial charge in [0.25, 0.3) is 0 Å². The minimum atomic E-state index is -4.69. The molecule has 2 N–H and O–H groups in total. The summed E-state index contributed by atoms with van der Waals surface area (Å²) in [7, 11) is 0. The monoisotopic (exact) mass is 519 g/mol. The number of carbonyl (C=O) groups is 1. The third kappa shape index (κ3) is 5.15. The van der Waals surface area contributed by atoms with Crippen molar-refractivity contribution in [3.8, 4) is 11.3 Å². The number of nitrogen functional groups attached to an aromatic ring is 1. The maximum Gasteiger partial charge on any atom is 0.417 e. The van der Waals surface area contributed by atoms with E-state index in [2.05, 4.69) is 9.97 Å². The van der Waals surface area contributed by atoms with Crippen molar-refractivity contribution < 1.29 is 22.7 Å². The zero-order valence-corrected chi connectivity index (χ0v) is 20.5. The third-order valence-electron chi connectivity index (χ3n) is 6.33. The number of pyridine rings is 1. The van der Waals surface area contributed by atoms with Gasteiger partial charge in [0, 0.05) is 35.3 Å². The third-order valence-corrected chi connectivity index (χ3v) is 6.67. The molecule has 0 bridgehead atoms. The molecule has 0 spiro atoms. The normalized spacial score (nSPS) is 15.6. The standard InChI is InChI=1S/C25H25ClF3N5O2/c1-24(2,18(14-35)15-5-3-4-6-19(15)26)21-12-20(32-23(33-21)34-7-9-36-10-8-34)16-13-31-22(30)11-17(16)25(27,28)29/h3-6,11-14,18H,7-10H2,1-2H3,(H2,30,31). The molecular formula is C25H25ClF3N5O2. The lowest BCUT2D eigenvalue weighted by atomic mass is 9.73. The number of aromatic nitrogens is 3. The number of carbonyl (C=O) groups excluding carboxylic acids is 1. The number of ether oxygens (including phenoxy) is 1. The van der Waals surface area contributed by atoms with Crippen LogP contribution in [0.25, 0.3) is 11.3 Å². The molecule has 1 aromatic carbocycles. The highest BCUT2D eigenvalue weighted by Crippen LogP contribution is 2.42. The number of hydrogen-bond acceptors (Lipinski definition) is 7. The SMILES string of the molecule is CC(C)(c1cc(-c2cnc(N)cc2C(F)(F)F)nc(N2CCOCC2)n1)C(C=O)c1ccccc1Cl. The summed E-state index contributed by atoms with van der Waals surface area (Å²) in [5.74, 6) is -0.737. The van der Waals surface area contributed by atoms with E-state index in [1.54, 1.807) is 38.1 Å². The molecule has 0 amide bonds. The predicted octanol–water partition coefficient (Wildman–Crippen LogP) is 4.89. The molecule has 0 saturated carbocycles. The molecule has 1 unspecified atom stereocenters. The second-order valence-corrected chi connectivity index (χ2v) is 9.45. The molecule has 1 aliphatic heterocycles. The Morgan fingerprint density at radius 3 is 2.47 bits per heavy atom. The lowest BCUT2D eigenvalue weighted by Gasteiger charge is -2.33. The topological polar surface area (TPSA) is 94.2 Å². The van der Waals surface area contributed by atoms with Gasteiger partial charge in [0.2, 0.25) is 5.95 Å². The minimum Gasteiger partial charge on any atom is -0.384 e. The average Bonchev–Trinajstić information content (AvgIpc) is 2.85. The highest BCUT2D eigenvalue weighted by Gasteiger charge is 2.38. The Morgan fingerprint density at radius 1 is 1.14 bits per heavy atom. The van der Waals surface area contributed by atoms with E-state index in [9.17, 15) is 18.0 Å². The number of nitrogens with two attached hydrogens (primary N) is 1. The number of nitrogens with zero attached hydrogens (tertiary/aromatic N) is 4. The Hall–Kier alpha value is -3.24. The Bertz CT molecular complexity index is 1260. The van der Waals surface area contributed by atoms with E-state index in [1.165, 1.54) is 6.07 Å². The molecule has 7 nitrogen and oxygen atoms in total. The molecular weight excluding hydrogens is 495 g/mol. The molecule has 190 valence electrons. The number of rotatable bonds is 6. The van der Waals surface area contributed by atoms with Gasteiger partial charge in [-0.2, -0.15) is 13.2 Å². The van der Waals surface area contributed by atoms with Crippen molar-refractivity contribution in [2.45, 2.75) is 31.4 Å². The molecule has 1 saturated heterocycles. The van der Waals surface area contributed by atoms with Gasteiger partial charge in [0.15, 0.2) is 0 Å². The van der Waals surface area contributed by atoms with E-state index in [0.717, 1.165) is 18.5 Å². The summed E-state index contributed by atoms with van der Waals surface area (Å²) in [6.45, 7) is 5.40. The summed E-state index contributed by atoms with van der Waals surface area (Å²) in [4.78, 5) is 27.3. The average molecular weight is 520 g/mol. The first-order valence-electron chi connectivity index (χ1n) is 11.3. The van der Waals surface area contributed by atoms with Crippen molar-refractivity contribution in [3.63, 3.8) is 0 Å². The second kappa shape index (κ2) is 10.0. The first-order valence-corrected chi connectivity index (χ1v) is 11.6. The predicted molar refractivity (Wildman–Crippen MR) is 131 cm³/mol. The summed E-state index contributed by atoms with van der Waals surface area (Å²) in [6.07, 6.45) is -2.84. The quantitative estimate of drug-likeness (QED) is 0.463. The van der Waals surface area contributed by atoms with E-state index in [-0.39, 0.29) is 23.0 Å². The van der Waals surface area contributed by atoms with Crippen LogP contribution < -0.4 is 10.6 Å². The first-order chi connectivity index (χ1) is 17.0. The van der Waals surface area contributed by atoms with Crippen LogP contribution in [-0.4, -0.2) is 47.5 Å². The number of alkyl halides is 3. The van der Waals surface area contributed by atoms with Crippen molar-refractivity contribution >= 4 is 29.7 Å². The van der Waals surface area contributed by atoms with Gasteiger partial charge >= 0.3 is 6.18 Å². The maximum absolute atomic E-state index is 13.9. The molecule has 3 aromatic rings. The van der Waals surface area contributed by atoms with E-state index in [4.69, 9.17) is 27.1 Å². The lowest BCUT2D eigenvalue weighted by molar-refractivity contribution is -0.137. The van der Waals surface area contributed by atoms with Gasteiger partial charge in [-0.25, -0.2) is 15.0 Å². The summed E-state index contributed by atoms with van der Waals surface area (Å²) in [6, 6.07) is 9.22. The smallest absolute Gasteiger partial charge is 0.384 e. The van der Waals surface area contributed by atoms with Crippen molar-refractivity contribution in [1.29, 1.82) is 0 Å². The number of halogens is 4. The molecule has 0 aliphatic carbocycles. The largest absolute Gasteiger partial charge is 0.417 e. The molecule has 11 heteroatoms. The van der Waals surface area contributed by atoms with Crippen LogP contribution in [0, 0.1) is 0 Å². The van der Waals surface area contributed by atoms with Crippen LogP contribution in [0.5, 0.6) is 0 Å². The number of aldehydes is 1. The molecule has 1 aliphatic rings. The molecule has 3 heterocycles. The molecule has 36 heavy (non-hydrogen) atoms. The first kappa shape index (κ1) is 25.8. The van der Waals surface area contributed by atoms with Gasteiger partial charge in [0.1, 0.15) is 12.1 Å². The van der Waals surface area contributed by atoms with Crippen molar-refractivity contribution in [2.75, 3.05) is 36.9 Å². The molecule has 4 rings (SSSR count). The fourth-order valence-corrected chi connectivity index (χ4v) is 4.49. The van der Waals surface area contributed by atoms with Crippen LogP contribution in [0.4, 0.5) is 24.9 Å². The zero-order chi connectivity index (χ0) is 26.1.